The molecular weight excluding hydrogens is 272 g/mol. The van der Waals surface area contributed by atoms with Gasteiger partial charge >= 0.3 is 0 Å². The summed E-state index contributed by atoms with van der Waals surface area (Å²) in [4.78, 5) is 12.2. The van der Waals surface area contributed by atoms with E-state index >= 15 is 0 Å². The van der Waals surface area contributed by atoms with Gasteiger partial charge in [-0.15, -0.1) is 0 Å². The highest BCUT2D eigenvalue weighted by Crippen LogP contribution is 2.29. The SMILES string of the molecule is c1cnc(Cc2ccnc3[nH]ccc23)c(C2CCNCC2)c1. The van der Waals surface area contributed by atoms with Crippen molar-refractivity contribution in [2.24, 2.45) is 0 Å². The second-order valence-corrected chi connectivity index (χ2v) is 5.95. The average Bonchev–Trinajstić information content (AvgIpc) is 3.06. The molecule has 0 unspecified atom stereocenters. The number of fused-ring (bicyclic) bond motifs is 1. The molecule has 0 spiro atoms. The number of hydrogen-bond donors (Lipinski definition) is 2. The fraction of sp³-hybridized carbons (Fsp3) is 0.333. The van der Waals surface area contributed by atoms with Gasteiger partial charge in [0.25, 0.3) is 0 Å². The summed E-state index contributed by atoms with van der Waals surface area (Å²) in [6.45, 7) is 2.21. The summed E-state index contributed by atoms with van der Waals surface area (Å²) in [5.74, 6) is 0.633. The van der Waals surface area contributed by atoms with Gasteiger partial charge in [-0.25, -0.2) is 4.98 Å². The lowest BCUT2D eigenvalue weighted by atomic mass is 9.87. The molecule has 1 fully saturated rings. The summed E-state index contributed by atoms with van der Waals surface area (Å²) in [5, 5.41) is 4.64. The summed E-state index contributed by atoms with van der Waals surface area (Å²) < 4.78 is 0. The third kappa shape index (κ3) is 2.50. The topological polar surface area (TPSA) is 53.6 Å². The molecule has 0 bridgehead atoms. The highest BCUT2D eigenvalue weighted by molar-refractivity contribution is 5.79. The Hall–Kier alpha value is -2.20. The summed E-state index contributed by atoms with van der Waals surface area (Å²) >= 11 is 0. The number of nitrogens with one attached hydrogen (secondary N) is 2. The van der Waals surface area contributed by atoms with E-state index in [0.717, 1.165) is 25.2 Å². The van der Waals surface area contributed by atoms with Crippen LogP contribution in [0.2, 0.25) is 0 Å². The minimum absolute atomic E-state index is 0.633. The first-order valence-corrected chi connectivity index (χ1v) is 7.97. The lowest BCUT2D eigenvalue weighted by Crippen LogP contribution is -2.27. The summed E-state index contributed by atoms with van der Waals surface area (Å²) in [5.41, 5.74) is 4.88. The van der Waals surface area contributed by atoms with Crippen LogP contribution in [0.3, 0.4) is 0 Å². The summed E-state index contributed by atoms with van der Waals surface area (Å²) in [6.07, 6.45) is 9.02. The number of H-pyrrole nitrogens is 1. The normalized spacial score (nSPS) is 16.2. The molecule has 0 atom stereocenters. The summed E-state index contributed by atoms with van der Waals surface area (Å²) in [6, 6.07) is 8.54. The van der Waals surface area contributed by atoms with Gasteiger partial charge in [-0.1, -0.05) is 6.07 Å². The molecule has 4 rings (SSSR count). The first-order valence-electron chi connectivity index (χ1n) is 7.97. The van der Waals surface area contributed by atoms with Gasteiger partial charge in [0.05, 0.1) is 0 Å². The second kappa shape index (κ2) is 5.89. The van der Waals surface area contributed by atoms with E-state index in [9.17, 15) is 0 Å². The number of aromatic nitrogens is 3. The van der Waals surface area contributed by atoms with Gasteiger partial charge < -0.3 is 10.3 Å². The van der Waals surface area contributed by atoms with Crippen molar-refractivity contribution in [3.63, 3.8) is 0 Å². The maximum Gasteiger partial charge on any atom is 0.137 e. The molecule has 4 heterocycles. The van der Waals surface area contributed by atoms with Gasteiger partial charge in [0.15, 0.2) is 0 Å². The van der Waals surface area contributed by atoms with Gasteiger partial charge in [-0.3, -0.25) is 4.98 Å². The van der Waals surface area contributed by atoms with E-state index in [2.05, 4.69) is 44.5 Å². The molecule has 22 heavy (non-hydrogen) atoms. The molecule has 2 N–H and O–H groups in total. The van der Waals surface area contributed by atoms with Crippen LogP contribution >= 0.6 is 0 Å². The van der Waals surface area contributed by atoms with E-state index in [1.165, 1.54) is 35.0 Å². The van der Waals surface area contributed by atoms with Gasteiger partial charge in [-0.2, -0.15) is 0 Å². The zero-order chi connectivity index (χ0) is 14.8. The molecular formula is C18H20N4. The second-order valence-electron chi connectivity index (χ2n) is 5.95. The standard InChI is InChI=1S/C18H20N4/c1-2-15(13-3-8-19-9-4-13)17(20-7-1)12-14-5-10-21-18-16(14)6-11-22-18/h1-2,5-7,10-11,13,19H,3-4,8-9,12H2,(H,21,22). The predicted octanol–water partition coefficient (Wildman–Crippen LogP) is 3.02. The Morgan fingerprint density at radius 1 is 1.05 bits per heavy atom. The zero-order valence-corrected chi connectivity index (χ0v) is 12.5. The Bertz CT molecular complexity index is 771. The van der Waals surface area contributed by atoms with Crippen molar-refractivity contribution >= 4 is 11.0 Å². The van der Waals surface area contributed by atoms with Gasteiger partial charge in [0.1, 0.15) is 5.65 Å². The van der Waals surface area contributed by atoms with Crippen molar-refractivity contribution in [3.8, 4) is 0 Å². The highest BCUT2D eigenvalue weighted by Gasteiger charge is 2.19. The number of hydrogen-bond acceptors (Lipinski definition) is 3. The molecule has 1 aliphatic rings. The van der Waals surface area contributed by atoms with E-state index in [0.29, 0.717) is 5.92 Å². The number of piperidine rings is 1. The van der Waals surface area contributed by atoms with Crippen molar-refractivity contribution in [1.82, 2.24) is 20.3 Å². The molecule has 3 aromatic rings. The number of aromatic amines is 1. The Morgan fingerprint density at radius 3 is 2.86 bits per heavy atom. The molecule has 1 saturated heterocycles. The smallest absolute Gasteiger partial charge is 0.137 e. The minimum Gasteiger partial charge on any atom is -0.346 e. The molecule has 4 heteroatoms. The van der Waals surface area contributed by atoms with E-state index in [1.54, 1.807) is 0 Å². The van der Waals surface area contributed by atoms with Crippen LogP contribution in [0.5, 0.6) is 0 Å². The van der Waals surface area contributed by atoms with Gasteiger partial charge in [0.2, 0.25) is 0 Å². The number of pyridine rings is 2. The van der Waals surface area contributed by atoms with Crippen molar-refractivity contribution < 1.29 is 0 Å². The van der Waals surface area contributed by atoms with E-state index in [-0.39, 0.29) is 0 Å². The maximum absolute atomic E-state index is 4.69. The molecule has 0 saturated carbocycles. The van der Waals surface area contributed by atoms with Gasteiger partial charge in [-0.05, 0) is 61.2 Å². The predicted molar refractivity (Wildman–Crippen MR) is 88.0 cm³/mol. The fourth-order valence-electron chi connectivity index (χ4n) is 3.46. The van der Waals surface area contributed by atoms with Crippen LogP contribution in [0.1, 0.15) is 35.6 Å². The van der Waals surface area contributed by atoms with Crippen LogP contribution in [0.15, 0.2) is 42.9 Å². The largest absolute Gasteiger partial charge is 0.346 e. The molecule has 3 aromatic heterocycles. The monoisotopic (exact) mass is 292 g/mol. The Morgan fingerprint density at radius 2 is 1.95 bits per heavy atom. The van der Waals surface area contributed by atoms with E-state index < -0.39 is 0 Å². The molecule has 112 valence electrons. The zero-order valence-electron chi connectivity index (χ0n) is 12.5. The van der Waals surface area contributed by atoms with Crippen LogP contribution < -0.4 is 5.32 Å². The third-order valence-electron chi connectivity index (χ3n) is 4.61. The fourth-order valence-corrected chi connectivity index (χ4v) is 3.46. The number of rotatable bonds is 3. The molecule has 1 aliphatic heterocycles. The average molecular weight is 292 g/mol. The highest BCUT2D eigenvalue weighted by atomic mass is 14.9. The molecule has 4 nitrogen and oxygen atoms in total. The summed E-state index contributed by atoms with van der Waals surface area (Å²) in [7, 11) is 0. The Balaban J connectivity index is 1.69. The van der Waals surface area contributed by atoms with Crippen molar-refractivity contribution in [1.29, 1.82) is 0 Å². The lowest BCUT2D eigenvalue weighted by Gasteiger charge is -2.24. The molecule has 0 amide bonds. The quantitative estimate of drug-likeness (QED) is 0.780. The van der Waals surface area contributed by atoms with Crippen LogP contribution in [0.4, 0.5) is 0 Å². The van der Waals surface area contributed by atoms with Crippen molar-refractivity contribution in [3.05, 3.63) is 59.7 Å². The lowest BCUT2D eigenvalue weighted by molar-refractivity contribution is 0.457. The molecule has 0 radical (unpaired) electrons. The van der Waals surface area contributed by atoms with Crippen molar-refractivity contribution in [2.45, 2.75) is 25.2 Å². The Labute approximate surface area is 130 Å². The minimum atomic E-state index is 0.633. The van der Waals surface area contributed by atoms with Crippen LogP contribution in [0.25, 0.3) is 11.0 Å². The first-order chi connectivity index (χ1) is 10.9. The van der Waals surface area contributed by atoms with Crippen LogP contribution in [0, 0.1) is 0 Å². The third-order valence-corrected chi connectivity index (χ3v) is 4.61. The Kier molecular flexibility index (Phi) is 3.60. The maximum atomic E-state index is 4.69. The molecule has 0 aliphatic carbocycles. The van der Waals surface area contributed by atoms with E-state index in [1.807, 2.05) is 18.6 Å². The van der Waals surface area contributed by atoms with Gasteiger partial charge in [0, 0.05) is 36.1 Å². The van der Waals surface area contributed by atoms with E-state index in [4.69, 9.17) is 0 Å². The van der Waals surface area contributed by atoms with Crippen LogP contribution in [-0.4, -0.2) is 28.0 Å². The number of nitrogens with zero attached hydrogens (tertiary/aromatic N) is 2. The first kappa shape index (κ1) is 13.5. The van der Waals surface area contributed by atoms with Crippen molar-refractivity contribution in [2.75, 3.05) is 13.1 Å². The van der Waals surface area contributed by atoms with Crippen LogP contribution in [-0.2, 0) is 6.42 Å². The molecule has 0 aromatic carbocycles.